The maximum absolute atomic E-state index is 12.8. The summed E-state index contributed by atoms with van der Waals surface area (Å²) in [5.74, 6) is 0.670. The van der Waals surface area contributed by atoms with Crippen LogP contribution in [-0.4, -0.2) is 43.1 Å². The summed E-state index contributed by atoms with van der Waals surface area (Å²) >= 11 is 0. The van der Waals surface area contributed by atoms with Crippen molar-refractivity contribution in [2.24, 2.45) is 5.92 Å². The number of pyridine rings is 1. The highest BCUT2D eigenvalue weighted by atomic mass is 16.2. The van der Waals surface area contributed by atoms with Crippen LogP contribution in [-0.2, 0) is 17.8 Å². The number of rotatable bonds is 5. The molecule has 1 aliphatic rings. The van der Waals surface area contributed by atoms with Crippen molar-refractivity contribution < 1.29 is 4.79 Å². The molecule has 0 saturated carbocycles. The van der Waals surface area contributed by atoms with Gasteiger partial charge in [-0.15, -0.1) is 0 Å². The number of aromatic amines is 1. The van der Waals surface area contributed by atoms with Crippen LogP contribution in [0.2, 0.25) is 0 Å². The zero-order valence-electron chi connectivity index (χ0n) is 17.0. The molecule has 0 aliphatic carbocycles. The molecule has 1 N–H and O–H groups in total. The molecule has 4 aromatic rings. The lowest BCUT2D eigenvalue weighted by atomic mass is 10.1. The summed E-state index contributed by atoms with van der Waals surface area (Å²) in [5, 5.41) is 6.84. The SMILES string of the molecule is CC1CC(Cn2ccc3nc(-c4cn[nH]c4)ccc32)CN1C(=O)Cc1ccccc1. The first-order valence-corrected chi connectivity index (χ1v) is 10.5. The van der Waals surface area contributed by atoms with Crippen LogP contribution < -0.4 is 0 Å². The van der Waals surface area contributed by atoms with E-state index in [1.165, 1.54) is 0 Å². The summed E-state index contributed by atoms with van der Waals surface area (Å²) in [6.45, 7) is 3.87. The summed E-state index contributed by atoms with van der Waals surface area (Å²) in [6.07, 6.45) is 7.25. The Bertz CT molecular complexity index is 1150. The third kappa shape index (κ3) is 3.61. The van der Waals surface area contributed by atoms with Gasteiger partial charge in [-0.3, -0.25) is 9.89 Å². The van der Waals surface area contributed by atoms with Gasteiger partial charge in [0.05, 0.1) is 29.3 Å². The lowest BCUT2D eigenvalue weighted by Crippen LogP contribution is -2.35. The number of hydrogen-bond acceptors (Lipinski definition) is 3. The van der Waals surface area contributed by atoms with E-state index < -0.39 is 0 Å². The average molecular weight is 399 g/mol. The topological polar surface area (TPSA) is 66.8 Å². The molecular formula is C24H25N5O. The first-order chi connectivity index (χ1) is 14.7. The van der Waals surface area contributed by atoms with Gasteiger partial charge in [-0.25, -0.2) is 4.98 Å². The van der Waals surface area contributed by atoms with E-state index in [-0.39, 0.29) is 11.9 Å². The number of amides is 1. The zero-order chi connectivity index (χ0) is 20.5. The van der Waals surface area contributed by atoms with E-state index in [2.05, 4.69) is 44.9 Å². The summed E-state index contributed by atoms with van der Waals surface area (Å²) in [6, 6.07) is 16.5. The molecule has 1 fully saturated rings. The molecule has 4 heterocycles. The predicted octanol–water partition coefficient (Wildman–Crippen LogP) is 3.91. The van der Waals surface area contributed by atoms with Gasteiger partial charge in [0.15, 0.2) is 0 Å². The first kappa shape index (κ1) is 18.6. The van der Waals surface area contributed by atoms with Gasteiger partial charge in [-0.2, -0.15) is 5.10 Å². The van der Waals surface area contributed by atoms with Gasteiger partial charge in [-0.1, -0.05) is 30.3 Å². The van der Waals surface area contributed by atoms with Crippen LogP contribution in [0.3, 0.4) is 0 Å². The summed E-state index contributed by atoms with van der Waals surface area (Å²) in [5.41, 5.74) is 5.10. The molecule has 1 aliphatic heterocycles. The number of likely N-dealkylation sites (tertiary alicyclic amines) is 1. The molecule has 0 spiro atoms. The van der Waals surface area contributed by atoms with Gasteiger partial charge >= 0.3 is 0 Å². The number of nitrogens with zero attached hydrogens (tertiary/aromatic N) is 4. The smallest absolute Gasteiger partial charge is 0.227 e. The number of aromatic nitrogens is 4. The standard InChI is InChI=1S/C24H25N5O/c1-17-11-19(16-29(17)24(30)12-18-5-3-2-4-6-18)15-28-10-9-22-23(28)8-7-21(27-22)20-13-25-26-14-20/h2-10,13-14,17,19H,11-12,15-16H2,1H3,(H,25,26). The molecule has 3 aromatic heterocycles. The third-order valence-electron chi connectivity index (χ3n) is 6.05. The largest absolute Gasteiger partial charge is 0.346 e. The minimum Gasteiger partial charge on any atom is -0.346 e. The molecular weight excluding hydrogens is 374 g/mol. The summed E-state index contributed by atoms with van der Waals surface area (Å²) in [4.78, 5) is 19.7. The molecule has 1 saturated heterocycles. The Kier molecular flexibility index (Phi) is 4.83. The molecule has 6 nitrogen and oxygen atoms in total. The Labute approximate surface area is 175 Å². The van der Waals surface area contributed by atoms with Crippen molar-refractivity contribution >= 4 is 16.9 Å². The van der Waals surface area contributed by atoms with Crippen LogP contribution in [0.25, 0.3) is 22.3 Å². The second-order valence-electron chi connectivity index (χ2n) is 8.22. The van der Waals surface area contributed by atoms with Crippen molar-refractivity contribution in [1.82, 2.24) is 24.6 Å². The van der Waals surface area contributed by atoms with E-state index in [1.807, 2.05) is 42.6 Å². The fourth-order valence-corrected chi connectivity index (χ4v) is 4.56. The van der Waals surface area contributed by atoms with Crippen LogP contribution in [0.15, 0.2) is 67.1 Å². The molecule has 5 rings (SSSR count). The molecule has 1 amide bonds. The van der Waals surface area contributed by atoms with Crippen LogP contribution >= 0.6 is 0 Å². The Morgan fingerprint density at radius 2 is 2.03 bits per heavy atom. The predicted molar refractivity (Wildman–Crippen MR) is 117 cm³/mol. The van der Waals surface area contributed by atoms with E-state index in [0.717, 1.165) is 47.4 Å². The molecule has 2 atom stereocenters. The van der Waals surface area contributed by atoms with Crippen LogP contribution in [0, 0.1) is 5.92 Å². The molecule has 152 valence electrons. The molecule has 6 heteroatoms. The van der Waals surface area contributed by atoms with Crippen molar-refractivity contribution in [1.29, 1.82) is 0 Å². The first-order valence-electron chi connectivity index (χ1n) is 10.5. The number of fused-ring (bicyclic) bond motifs is 1. The van der Waals surface area contributed by atoms with Crippen LogP contribution in [0.4, 0.5) is 0 Å². The van der Waals surface area contributed by atoms with Gasteiger partial charge in [-0.05, 0) is 43.0 Å². The fraction of sp³-hybridized carbons (Fsp3) is 0.292. The maximum Gasteiger partial charge on any atom is 0.227 e. The monoisotopic (exact) mass is 399 g/mol. The highest BCUT2D eigenvalue weighted by Gasteiger charge is 2.32. The Balaban J connectivity index is 1.28. The highest BCUT2D eigenvalue weighted by Crippen LogP contribution is 2.27. The lowest BCUT2D eigenvalue weighted by Gasteiger charge is -2.21. The van der Waals surface area contributed by atoms with Crippen molar-refractivity contribution in [3.8, 4) is 11.3 Å². The normalized spacial score (nSPS) is 18.9. The van der Waals surface area contributed by atoms with Crippen molar-refractivity contribution in [3.05, 3.63) is 72.7 Å². The molecule has 0 radical (unpaired) electrons. The number of carbonyl (C=O) groups excluding carboxylic acids is 1. The second kappa shape index (κ2) is 7.78. The summed E-state index contributed by atoms with van der Waals surface area (Å²) in [7, 11) is 0. The average Bonchev–Trinajstić information content (AvgIpc) is 3.49. The van der Waals surface area contributed by atoms with Crippen molar-refractivity contribution in [3.63, 3.8) is 0 Å². The lowest BCUT2D eigenvalue weighted by molar-refractivity contribution is -0.131. The van der Waals surface area contributed by atoms with E-state index in [9.17, 15) is 4.79 Å². The third-order valence-corrected chi connectivity index (χ3v) is 6.05. The van der Waals surface area contributed by atoms with Gasteiger partial charge in [0.1, 0.15) is 0 Å². The second-order valence-corrected chi connectivity index (χ2v) is 8.22. The number of nitrogens with one attached hydrogen (secondary N) is 1. The van der Waals surface area contributed by atoms with Gasteiger partial charge in [0.25, 0.3) is 0 Å². The number of hydrogen-bond donors (Lipinski definition) is 1. The highest BCUT2D eigenvalue weighted by molar-refractivity contribution is 5.80. The minimum absolute atomic E-state index is 0.222. The number of H-pyrrole nitrogens is 1. The Hall–Kier alpha value is -3.41. The molecule has 2 unspecified atom stereocenters. The van der Waals surface area contributed by atoms with Crippen LogP contribution in [0.1, 0.15) is 18.9 Å². The van der Waals surface area contributed by atoms with E-state index in [0.29, 0.717) is 12.3 Å². The van der Waals surface area contributed by atoms with Crippen LogP contribution in [0.5, 0.6) is 0 Å². The summed E-state index contributed by atoms with van der Waals surface area (Å²) < 4.78 is 2.27. The Morgan fingerprint density at radius 3 is 2.83 bits per heavy atom. The number of carbonyl (C=O) groups is 1. The van der Waals surface area contributed by atoms with E-state index in [1.54, 1.807) is 6.20 Å². The zero-order valence-corrected chi connectivity index (χ0v) is 17.0. The van der Waals surface area contributed by atoms with Crippen molar-refractivity contribution in [2.45, 2.75) is 32.4 Å². The minimum atomic E-state index is 0.222. The van der Waals surface area contributed by atoms with E-state index >= 15 is 0 Å². The van der Waals surface area contributed by atoms with Gasteiger partial charge < -0.3 is 9.47 Å². The van der Waals surface area contributed by atoms with Gasteiger partial charge in [0.2, 0.25) is 5.91 Å². The Morgan fingerprint density at radius 1 is 1.17 bits per heavy atom. The van der Waals surface area contributed by atoms with Crippen molar-refractivity contribution in [2.75, 3.05) is 6.54 Å². The maximum atomic E-state index is 12.8. The number of benzene rings is 1. The fourth-order valence-electron chi connectivity index (χ4n) is 4.56. The molecule has 0 bridgehead atoms. The quantitative estimate of drug-likeness (QED) is 0.553. The molecule has 30 heavy (non-hydrogen) atoms. The molecule has 1 aromatic carbocycles. The van der Waals surface area contributed by atoms with Gasteiger partial charge in [0, 0.05) is 37.1 Å². The van der Waals surface area contributed by atoms with E-state index in [4.69, 9.17) is 4.98 Å².